The molecule has 17 heavy (non-hydrogen) atoms. The summed E-state index contributed by atoms with van der Waals surface area (Å²) in [4.78, 5) is 14.9. The Hall–Kier alpha value is -1.58. The van der Waals surface area contributed by atoms with Crippen LogP contribution in [-0.4, -0.2) is 16.9 Å². The van der Waals surface area contributed by atoms with E-state index in [0.717, 1.165) is 11.6 Å². The number of rotatable bonds is 3. The van der Waals surface area contributed by atoms with Crippen LogP contribution in [0.1, 0.15) is 43.1 Å². The molecule has 1 aromatic rings. The van der Waals surface area contributed by atoms with Gasteiger partial charge in [0.05, 0.1) is 0 Å². The average molecular weight is 233 g/mol. The Labute approximate surface area is 102 Å². The van der Waals surface area contributed by atoms with Gasteiger partial charge in [-0.1, -0.05) is 6.92 Å². The number of nitrogens with one attached hydrogen (secondary N) is 1. The van der Waals surface area contributed by atoms with Crippen molar-refractivity contribution in [1.29, 1.82) is 0 Å². The third-order valence-electron chi connectivity index (χ3n) is 3.40. The lowest BCUT2D eigenvalue weighted by atomic mass is 9.87. The molecule has 4 heteroatoms. The fourth-order valence-corrected chi connectivity index (χ4v) is 2.30. The second-order valence-corrected chi connectivity index (χ2v) is 4.90. The van der Waals surface area contributed by atoms with Crippen molar-refractivity contribution in [2.75, 3.05) is 5.32 Å². The van der Waals surface area contributed by atoms with Crippen molar-refractivity contribution in [2.45, 2.75) is 38.6 Å². The topological polar surface area (TPSA) is 68.0 Å². The Morgan fingerprint density at radius 2 is 2.12 bits per heavy atom. The molecule has 0 unspecified atom stereocenters. The van der Waals surface area contributed by atoms with Crippen LogP contribution >= 0.6 is 0 Å². The second kappa shape index (κ2) is 5.17. The first-order chi connectivity index (χ1) is 8.15. The van der Waals surface area contributed by atoms with E-state index in [9.17, 15) is 4.79 Å². The van der Waals surface area contributed by atoms with Crippen molar-refractivity contribution >= 4 is 11.6 Å². The van der Waals surface area contributed by atoms with Gasteiger partial charge < -0.3 is 11.1 Å². The van der Waals surface area contributed by atoms with Crippen molar-refractivity contribution < 1.29 is 4.79 Å². The zero-order chi connectivity index (χ0) is 12.3. The molecule has 1 aliphatic rings. The SMILES string of the molecule is CC1CCC(Nc2ccnc(C(N)=O)c2)CC1. The van der Waals surface area contributed by atoms with Crippen LogP contribution in [0, 0.1) is 5.92 Å². The number of carbonyl (C=O) groups excluding carboxylic acids is 1. The number of anilines is 1. The number of nitrogens with zero attached hydrogens (tertiary/aromatic N) is 1. The molecule has 2 rings (SSSR count). The molecule has 0 atom stereocenters. The minimum Gasteiger partial charge on any atom is -0.382 e. The number of carbonyl (C=O) groups is 1. The van der Waals surface area contributed by atoms with Crippen molar-refractivity contribution in [1.82, 2.24) is 4.98 Å². The molecule has 1 amide bonds. The summed E-state index contributed by atoms with van der Waals surface area (Å²) >= 11 is 0. The highest BCUT2D eigenvalue weighted by Crippen LogP contribution is 2.25. The smallest absolute Gasteiger partial charge is 0.267 e. The van der Waals surface area contributed by atoms with Gasteiger partial charge in [0.2, 0.25) is 0 Å². The Morgan fingerprint density at radius 3 is 2.76 bits per heavy atom. The van der Waals surface area contributed by atoms with Gasteiger partial charge in [-0.2, -0.15) is 0 Å². The predicted octanol–water partition coefficient (Wildman–Crippen LogP) is 2.17. The summed E-state index contributed by atoms with van der Waals surface area (Å²) in [6.07, 6.45) is 6.54. The van der Waals surface area contributed by atoms with Gasteiger partial charge in [-0.25, -0.2) is 0 Å². The molecule has 0 aromatic carbocycles. The quantitative estimate of drug-likeness (QED) is 0.840. The molecule has 1 saturated carbocycles. The molecule has 0 spiro atoms. The van der Waals surface area contributed by atoms with Gasteiger partial charge in [-0.15, -0.1) is 0 Å². The first-order valence-electron chi connectivity index (χ1n) is 6.17. The minimum absolute atomic E-state index is 0.319. The largest absolute Gasteiger partial charge is 0.382 e. The third kappa shape index (κ3) is 3.19. The summed E-state index contributed by atoms with van der Waals surface area (Å²) in [5.74, 6) is 0.359. The lowest BCUT2D eigenvalue weighted by Gasteiger charge is -2.27. The van der Waals surface area contributed by atoms with Gasteiger partial charge in [-0.3, -0.25) is 9.78 Å². The van der Waals surface area contributed by atoms with Crippen molar-refractivity contribution in [3.05, 3.63) is 24.0 Å². The number of amides is 1. The molecule has 4 nitrogen and oxygen atoms in total. The number of pyridine rings is 1. The van der Waals surface area contributed by atoms with Crippen LogP contribution < -0.4 is 11.1 Å². The van der Waals surface area contributed by atoms with Crippen molar-refractivity contribution in [3.63, 3.8) is 0 Å². The van der Waals surface area contributed by atoms with E-state index in [1.807, 2.05) is 6.07 Å². The highest BCUT2D eigenvalue weighted by Gasteiger charge is 2.18. The van der Waals surface area contributed by atoms with Crippen LogP contribution in [0.15, 0.2) is 18.3 Å². The second-order valence-electron chi connectivity index (χ2n) is 4.90. The van der Waals surface area contributed by atoms with Crippen LogP contribution in [0.3, 0.4) is 0 Å². The Morgan fingerprint density at radius 1 is 1.41 bits per heavy atom. The van der Waals surface area contributed by atoms with E-state index in [0.29, 0.717) is 11.7 Å². The summed E-state index contributed by atoms with van der Waals surface area (Å²) in [5, 5.41) is 3.45. The van der Waals surface area contributed by atoms with Gasteiger partial charge >= 0.3 is 0 Å². The van der Waals surface area contributed by atoms with Gasteiger partial charge in [0, 0.05) is 17.9 Å². The monoisotopic (exact) mass is 233 g/mol. The Kier molecular flexibility index (Phi) is 3.61. The summed E-state index contributed by atoms with van der Waals surface area (Å²) < 4.78 is 0. The maximum absolute atomic E-state index is 11.0. The first-order valence-corrected chi connectivity index (χ1v) is 6.17. The van der Waals surface area contributed by atoms with Crippen LogP contribution in [0.2, 0.25) is 0 Å². The molecule has 0 radical (unpaired) electrons. The van der Waals surface area contributed by atoms with Crippen molar-refractivity contribution in [2.24, 2.45) is 11.7 Å². The van der Waals surface area contributed by atoms with E-state index < -0.39 is 5.91 Å². The molecular weight excluding hydrogens is 214 g/mol. The van der Waals surface area contributed by atoms with Crippen molar-refractivity contribution in [3.8, 4) is 0 Å². The average Bonchev–Trinajstić information content (AvgIpc) is 2.32. The normalized spacial score (nSPS) is 24.3. The first kappa shape index (κ1) is 11.9. The fraction of sp³-hybridized carbons (Fsp3) is 0.538. The molecule has 1 aliphatic carbocycles. The molecule has 0 aliphatic heterocycles. The van der Waals surface area contributed by atoms with Gasteiger partial charge in [-0.05, 0) is 43.7 Å². The predicted molar refractivity (Wildman–Crippen MR) is 67.8 cm³/mol. The van der Waals surface area contributed by atoms with Crippen LogP contribution in [0.5, 0.6) is 0 Å². The summed E-state index contributed by atoms with van der Waals surface area (Å²) in [6.45, 7) is 2.30. The van der Waals surface area contributed by atoms with Gasteiger partial charge in [0.15, 0.2) is 0 Å². The van der Waals surface area contributed by atoms with Gasteiger partial charge in [0.25, 0.3) is 5.91 Å². The van der Waals surface area contributed by atoms with Crippen LogP contribution in [-0.2, 0) is 0 Å². The highest BCUT2D eigenvalue weighted by molar-refractivity contribution is 5.91. The summed E-state index contributed by atoms with van der Waals surface area (Å²) in [7, 11) is 0. The maximum Gasteiger partial charge on any atom is 0.267 e. The number of aromatic nitrogens is 1. The molecular formula is C13H19N3O. The van der Waals surface area contributed by atoms with Crippen LogP contribution in [0.4, 0.5) is 5.69 Å². The maximum atomic E-state index is 11.0. The number of primary amides is 1. The van der Waals surface area contributed by atoms with E-state index in [2.05, 4.69) is 17.2 Å². The van der Waals surface area contributed by atoms with E-state index >= 15 is 0 Å². The number of hydrogen-bond acceptors (Lipinski definition) is 3. The minimum atomic E-state index is -0.481. The van der Waals surface area contributed by atoms with E-state index in [1.165, 1.54) is 25.7 Å². The van der Waals surface area contributed by atoms with Crippen LogP contribution in [0.25, 0.3) is 0 Å². The zero-order valence-corrected chi connectivity index (χ0v) is 10.1. The third-order valence-corrected chi connectivity index (χ3v) is 3.40. The zero-order valence-electron chi connectivity index (χ0n) is 10.1. The lowest BCUT2D eigenvalue weighted by molar-refractivity contribution is 0.0995. The highest BCUT2D eigenvalue weighted by atomic mass is 16.1. The number of hydrogen-bond donors (Lipinski definition) is 2. The standard InChI is InChI=1S/C13H19N3O/c1-9-2-4-10(5-3-9)16-11-6-7-15-12(8-11)13(14)17/h6-10H,2-5H2,1H3,(H2,14,17)(H,15,16). The molecule has 1 aromatic heterocycles. The molecule has 1 heterocycles. The number of nitrogens with two attached hydrogens (primary N) is 1. The van der Waals surface area contributed by atoms with Gasteiger partial charge in [0.1, 0.15) is 5.69 Å². The summed E-state index contributed by atoms with van der Waals surface area (Å²) in [5.41, 5.74) is 6.46. The molecule has 0 bridgehead atoms. The molecule has 3 N–H and O–H groups in total. The van der Waals surface area contributed by atoms with E-state index in [-0.39, 0.29) is 0 Å². The van der Waals surface area contributed by atoms with E-state index in [4.69, 9.17) is 5.73 Å². The molecule has 0 saturated heterocycles. The molecule has 1 fully saturated rings. The molecule has 92 valence electrons. The Balaban J connectivity index is 1.98. The fourth-order valence-electron chi connectivity index (χ4n) is 2.30. The summed E-state index contributed by atoms with van der Waals surface area (Å²) in [6, 6.07) is 4.11. The lowest BCUT2D eigenvalue weighted by Crippen LogP contribution is -2.25. The van der Waals surface area contributed by atoms with E-state index in [1.54, 1.807) is 12.3 Å². The Bertz CT molecular complexity index is 397.